The van der Waals surface area contributed by atoms with Crippen molar-refractivity contribution in [3.05, 3.63) is 33.9 Å². The molecule has 84 valence electrons. The van der Waals surface area contributed by atoms with Crippen molar-refractivity contribution in [2.24, 2.45) is 0 Å². The number of nitro groups is 1. The summed E-state index contributed by atoms with van der Waals surface area (Å²) in [5.74, 6) is -2.81. The molecule has 0 aromatic heterocycles. The van der Waals surface area contributed by atoms with Gasteiger partial charge in [0.25, 0.3) is 0 Å². The van der Waals surface area contributed by atoms with Gasteiger partial charge in [0.15, 0.2) is 5.75 Å². The summed E-state index contributed by atoms with van der Waals surface area (Å²) in [4.78, 5) is 19.9. The number of phenolic OH excluding ortho intramolecular Hbond substituents is 2. The number of benzene rings is 1. The zero-order valence-corrected chi connectivity index (χ0v) is 7.82. The van der Waals surface area contributed by atoms with Crippen molar-refractivity contribution in [2.75, 3.05) is 0 Å². The van der Waals surface area contributed by atoms with Crippen molar-refractivity contribution in [3.63, 3.8) is 0 Å². The molecule has 0 radical (unpaired) electrons. The van der Waals surface area contributed by atoms with Crippen LogP contribution in [0.15, 0.2) is 18.2 Å². The summed E-state index contributed by atoms with van der Waals surface area (Å²) in [6.07, 6.45) is 1.65. The highest BCUT2D eigenvalue weighted by molar-refractivity contribution is 5.87. The number of carboxylic acids is 1. The number of carboxylic acid groups (broad SMARTS) is 1. The van der Waals surface area contributed by atoms with Crippen LogP contribution in [0.4, 0.5) is 5.69 Å². The van der Waals surface area contributed by atoms with E-state index in [1.807, 2.05) is 0 Å². The summed E-state index contributed by atoms with van der Waals surface area (Å²) in [5, 5.41) is 37.2. The number of nitro benzene ring substituents is 1. The molecule has 0 atom stereocenters. The van der Waals surface area contributed by atoms with Crippen LogP contribution in [-0.2, 0) is 4.79 Å². The number of carbonyl (C=O) groups is 1. The molecule has 0 aliphatic rings. The minimum absolute atomic E-state index is 0.109. The topological polar surface area (TPSA) is 121 Å². The van der Waals surface area contributed by atoms with Crippen LogP contribution in [0, 0.1) is 10.1 Å². The van der Waals surface area contributed by atoms with Crippen LogP contribution in [0.2, 0.25) is 0 Å². The quantitative estimate of drug-likeness (QED) is 0.306. The van der Waals surface area contributed by atoms with E-state index in [1.165, 1.54) is 0 Å². The molecule has 0 unspecified atom stereocenters. The molecule has 0 fully saturated rings. The first-order valence-electron chi connectivity index (χ1n) is 4.04. The van der Waals surface area contributed by atoms with E-state index in [2.05, 4.69) is 0 Å². The summed E-state index contributed by atoms with van der Waals surface area (Å²) in [6, 6.07) is 2.16. The molecule has 1 aromatic rings. The number of rotatable bonds is 3. The van der Waals surface area contributed by atoms with Crippen molar-refractivity contribution in [3.8, 4) is 11.5 Å². The highest BCUT2D eigenvalue weighted by Crippen LogP contribution is 2.38. The Hall–Kier alpha value is -2.57. The fraction of sp³-hybridized carbons (Fsp3) is 0. The van der Waals surface area contributed by atoms with Crippen molar-refractivity contribution in [2.45, 2.75) is 0 Å². The second kappa shape index (κ2) is 4.30. The number of hydrogen-bond donors (Lipinski definition) is 3. The van der Waals surface area contributed by atoms with Gasteiger partial charge in [0.1, 0.15) is 0 Å². The Morgan fingerprint density at radius 2 is 2.00 bits per heavy atom. The van der Waals surface area contributed by atoms with E-state index in [-0.39, 0.29) is 5.56 Å². The van der Waals surface area contributed by atoms with E-state index in [0.717, 1.165) is 18.2 Å². The van der Waals surface area contributed by atoms with E-state index in [4.69, 9.17) is 10.2 Å². The molecule has 0 saturated carbocycles. The second-order valence-corrected chi connectivity index (χ2v) is 2.80. The van der Waals surface area contributed by atoms with Gasteiger partial charge in [-0.05, 0) is 18.2 Å². The maximum Gasteiger partial charge on any atom is 0.328 e. The first kappa shape index (κ1) is 11.5. The summed E-state index contributed by atoms with van der Waals surface area (Å²) >= 11 is 0. The smallest absolute Gasteiger partial charge is 0.328 e. The number of aliphatic carboxylic acids is 1. The van der Waals surface area contributed by atoms with Gasteiger partial charge >= 0.3 is 11.7 Å². The fourth-order valence-corrected chi connectivity index (χ4v) is 1.07. The number of hydrogen-bond acceptors (Lipinski definition) is 5. The molecule has 0 aliphatic carbocycles. The molecule has 3 N–H and O–H groups in total. The van der Waals surface area contributed by atoms with Crippen LogP contribution in [0.1, 0.15) is 5.56 Å². The van der Waals surface area contributed by atoms with E-state index in [1.54, 1.807) is 0 Å². The van der Waals surface area contributed by atoms with Gasteiger partial charge in [0.05, 0.1) is 10.5 Å². The minimum atomic E-state index is -1.28. The molecule has 16 heavy (non-hydrogen) atoms. The van der Waals surface area contributed by atoms with Gasteiger partial charge in [0, 0.05) is 6.08 Å². The van der Waals surface area contributed by atoms with Crippen molar-refractivity contribution in [1.82, 2.24) is 0 Å². The Labute approximate surface area is 89.0 Å². The molecule has 0 saturated heterocycles. The molecule has 1 rings (SSSR count). The zero-order chi connectivity index (χ0) is 12.3. The van der Waals surface area contributed by atoms with Crippen LogP contribution < -0.4 is 0 Å². The lowest BCUT2D eigenvalue weighted by Crippen LogP contribution is -1.93. The lowest BCUT2D eigenvalue weighted by molar-refractivity contribution is -0.386. The molecule has 1 aromatic carbocycles. The van der Waals surface area contributed by atoms with Gasteiger partial charge in [-0.25, -0.2) is 4.79 Å². The molecule has 0 spiro atoms. The number of phenols is 2. The highest BCUT2D eigenvalue weighted by Gasteiger charge is 2.21. The Morgan fingerprint density at radius 1 is 1.38 bits per heavy atom. The van der Waals surface area contributed by atoms with Crippen LogP contribution >= 0.6 is 0 Å². The lowest BCUT2D eigenvalue weighted by Gasteiger charge is -2.01. The molecule has 0 amide bonds. The average molecular weight is 225 g/mol. The third-order valence-corrected chi connectivity index (χ3v) is 1.75. The molecule has 7 nitrogen and oxygen atoms in total. The molecule has 0 bridgehead atoms. The van der Waals surface area contributed by atoms with E-state index >= 15 is 0 Å². The summed E-state index contributed by atoms with van der Waals surface area (Å²) in [7, 11) is 0. The largest absolute Gasteiger partial charge is 0.504 e. The van der Waals surface area contributed by atoms with Crippen molar-refractivity contribution < 1.29 is 25.0 Å². The van der Waals surface area contributed by atoms with Gasteiger partial charge in [-0.15, -0.1) is 0 Å². The Bertz CT molecular complexity index is 479. The summed E-state index contributed by atoms with van der Waals surface area (Å²) in [6.45, 7) is 0. The predicted octanol–water partition coefficient (Wildman–Crippen LogP) is 1.10. The molecule has 0 heterocycles. The third kappa shape index (κ3) is 2.27. The van der Waals surface area contributed by atoms with Gasteiger partial charge in [0.2, 0.25) is 5.75 Å². The second-order valence-electron chi connectivity index (χ2n) is 2.80. The average Bonchev–Trinajstić information content (AvgIpc) is 2.19. The highest BCUT2D eigenvalue weighted by atomic mass is 16.6. The van der Waals surface area contributed by atoms with Crippen LogP contribution in [-0.4, -0.2) is 26.2 Å². The maximum atomic E-state index is 10.6. The minimum Gasteiger partial charge on any atom is -0.504 e. The van der Waals surface area contributed by atoms with E-state index in [9.17, 15) is 20.0 Å². The first-order chi connectivity index (χ1) is 7.43. The zero-order valence-electron chi connectivity index (χ0n) is 7.82. The third-order valence-electron chi connectivity index (χ3n) is 1.75. The standard InChI is InChI=1S/C9H7NO6/c11-6-3-1-5(2-4-7(12)13)8(9(6)14)10(15)16/h1-4,11,14H,(H,12,13)/b4-2+. The van der Waals surface area contributed by atoms with E-state index < -0.39 is 28.1 Å². The van der Waals surface area contributed by atoms with Crippen LogP contribution in [0.3, 0.4) is 0 Å². The first-order valence-corrected chi connectivity index (χ1v) is 4.04. The predicted molar refractivity (Wildman–Crippen MR) is 53.1 cm³/mol. The Morgan fingerprint density at radius 3 is 2.50 bits per heavy atom. The summed E-state index contributed by atoms with van der Waals surface area (Å²) in [5.41, 5.74) is -0.847. The lowest BCUT2D eigenvalue weighted by atomic mass is 10.1. The molecular formula is C9H7NO6. The number of nitrogens with zero attached hydrogens (tertiary/aromatic N) is 1. The number of aromatic hydroxyl groups is 2. The van der Waals surface area contributed by atoms with Gasteiger partial charge in [-0.1, -0.05) is 0 Å². The summed E-state index contributed by atoms with van der Waals surface area (Å²) < 4.78 is 0. The Balaban J connectivity index is 3.34. The Kier molecular flexibility index (Phi) is 3.09. The van der Waals surface area contributed by atoms with Gasteiger partial charge < -0.3 is 15.3 Å². The maximum absolute atomic E-state index is 10.6. The fourth-order valence-electron chi connectivity index (χ4n) is 1.07. The van der Waals surface area contributed by atoms with Crippen molar-refractivity contribution >= 4 is 17.7 Å². The molecular weight excluding hydrogens is 218 g/mol. The van der Waals surface area contributed by atoms with Crippen molar-refractivity contribution in [1.29, 1.82) is 0 Å². The van der Waals surface area contributed by atoms with Crippen LogP contribution in [0.25, 0.3) is 6.08 Å². The van der Waals surface area contributed by atoms with Crippen LogP contribution in [0.5, 0.6) is 11.5 Å². The monoisotopic (exact) mass is 225 g/mol. The van der Waals surface area contributed by atoms with E-state index in [0.29, 0.717) is 6.08 Å². The SMILES string of the molecule is O=C(O)/C=C/c1ccc(O)c(O)c1[N+](=O)[O-]. The van der Waals surface area contributed by atoms with Gasteiger partial charge in [-0.2, -0.15) is 0 Å². The van der Waals surface area contributed by atoms with Gasteiger partial charge in [-0.3, -0.25) is 10.1 Å². The normalized spacial score (nSPS) is 10.5. The molecule has 0 aliphatic heterocycles. The molecule has 7 heteroatoms.